The highest BCUT2D eigenvalue weighted by atomic mass is 19.1. The molecule has 2 atom stereocenters. The Morgan fingerprint density at radius 3 is 2.56 bits per heavy atom. The van der Waals surface area contributed by atoms with Crippen molar-refractivity contribution >= 4 is 17.8 Å². The van der Waals surface area contributed by atoms with Crippen LogP contribution in [0.5, 0.6) is 0 Å². The minimum atomic E-state index is -0.907. The number of carbonyl (C=O) groups is 3. The summed E-state index contributed by atoms with van der Waals surface area (Å²) in [7, 11) is 0. The van der Waals surface area contributed by atoms with Gasteiger partial charge in [0.25, 0.3) is 5.91 Å². The Morgan fingerprint density at radius 2 is 1.93 bits per heavy atom. The smallest absolute Gasteiger partial charge is 0.325 e. The number of hydrogen-bond acceptors (Lipinski definition) is 3. The first-order valence-electron chi connectivity index (χ1n) is 9.25. The third-order valence-electron chi connectivity index (χ3n) is 5.33. The second-order valence-electron chi connectivity index (χ2n) is 8.66. The average Bonchev–Trinajstić information content (AvgIpc) is 2.76. The maximum absolute atomic E-state index is 13.0. The topological polar surface area (TPSA) is 78.5 Å². The van der Waals surface area contributed by atoms with E-state index >= 15 is 0 Å². The lowest BCUT2D eigenvalue weighted by atomic mass is 9.64. The Kier molecular flexibility index (Phi) is 4.97. The molecule has 6 nitrogen and oxygen atoms in total. The molecule has 1 saturated heterocycles. The normalized spacial score (nSPS) is 27.0. The molecule has 27 heavy (non-hydrogen) atoms. The molecule has 0 bridgehead atoms. The van der Waals surface area contributed by atoms with Crippen molar-refractivity contribution in [1.29, 1.82) is 0 Å². The average molecular weight is 375 g/mol. The zero-order chi connectivity index (χ0) is 19.8. The van der Waals surface area contributed by atoms with Gasteiger partial charge in [-0.15, -0.1) is 0 Å². The van der Waals surface area contributed by atoms with Crippen molar-refractivity contribution < 1.29 is 18.8 Å². The molecular formula is C20H26FN3O3. The fraction of sp³-hybridized carbons (Fsp3) is 0.550. The number of imide groups is 1. The van der Waals surface area contributed by atoms with E-state index in [2.05, 4.69) is 31.4 Å². The lowest BCUT2D eigenvalue weighted by molar-refractivity contribution is -0.137. The zero-order valence-electron chi connectivity index (χ0n) is 16.0. The summed E-state index contributed by atoms with van der Waals surface area (Å²) in [5.41, 5.74) is -0.224. The van der Waals surface area contributed by atoms with Gasteiger partial charge in [0.2, 0.25) is 5.91 Å². The minimum Gasteiger partial charge on any atom is -0.350 e. The number of halogens is 1. The summed E-state index contributed by atoms with van der Waals surface area (Å²) >= 11 is 0. The number of nitrogens with one attached hydrogen (secondary N) is 2. The van der Waals surface area contributed by atoms with E-state index in [1.807, 2.05) is 0 Å². The highest BCUT2D eigenvalue weighted by molar-refractivity contribution is 6.09. The van der Waals surface area contributed by atoms with Crippen LogP contribution in [0.2, 0.25) is 0 Å². The van der Waals surface area contributed by atoms with Crippen molar-refractivity contribution in [2.24, 2.45) is 11.3 Å². The first kappa shape index (κ1) is 19.3. The molecule has 3 rings (SSSR count). The van der Waals surface area contributed by atoms with Gasteiger partial charge < -0.3 is 10.6 Å². The molecule has 1 aliphatic carbocycles. The van der Waals surface area contributed by atoms with Gasteiger partial charge in [-0.2, -0.15) is 0 Å². The van der Waals surface area contributed by atoms with Crippen LogP contribution < -0.4 is 10.6 Å². The third-order valence-corrected chi connectivity index (χ3v) is 5.33. The van der Waals surface area contributed by atoms with Crippen molar-refractivity contribution in [3.63, 3.8) is 0 Å². The van der Waals surface area contributed by atoms with E-state index in [1.165, 1.54) is 12.1 Å². The van der Waals surface area contributed by atoms with Crippen LogP contribution in [0.3, 0.4) is 0 Å². The Bertz CT molecular complexity index is 762. The number of urea groups is 1. The Labute approximate surface area is 158 Å². The van der Waals surface area contributed by atoms with E-state index in [4.69, 9.17) is 0 Å². The van der Waals surface area contributed by atoms with E-state index < -0.39 is 17.5 Å². The number of amides is 4. The van der Waals surface area contributed by atoms with Gasteiger partial charge in [-0.1, -0.05) is 32.9 Å². The van der Waals surface area contributed by atoms with Gasteiger partial charge >= 0.3 is 6.03 Å². The zero-order valence-corrected chi connectivity index (χ0v) is 16.0. The maximum Gasteiger partial charge on any atom is 0.325 e. The van der Waals surface area contributed by atoms with E-state index in [9.17, 15) is 18.8 Å². The molecule has 4 amide bonds. The monoisotopic (exact) mass is 375 g/mol. The summed E-state index contributed by atoms with van der Waals surface area (Å²) < 4.78 is 12.9. The van der Waals surface area contributed by atoms with Crippen molar-refractivity contribution in [2.45, 2.75) is 52.1 Å². The second kappa shape index (κ2) is 6.94. The first-order chi connectivity index (χ1) is 12.6. The molecule has 1 heterocycles. The van der Waals surface area contributed by atoms with Gasteiger partial charge in [0.15, 0.2) is 0 Å². The quantitative estimate of drug-likeness (QED) is 0.794. The summed E-state index contributed by atoms with van der Waals surface area (Å²) in [6.45, 7) is 6.17. The summed E-state index contributed by atoms with van der Waals surface area (Å²) in [4.78, 5) is 38.6. The molecule has 7 heteroatoms. The van der Waals surface area contributed by atoms with Crippen LogP contribution in [0, 0.1) is 17.2 Å². The number of rotatable bonds is 4. The number of carbonyl (C=O) groups excluding carboxylic acids is 3. The van der Waals surface area contributed by atoms with Crippen LogP contribution in [0.15, 0.2) is 24.3 Å². The number of nitrogens with zero attached hydrogens (tertiary/aromatic N) is 1. The molecule has 2 unspecified atom stereocenters. The van der Waals surface area contributed by atoms with Gasteiger partial charge in [-0.05, 0) is 48.3 Å². The van der Waals surface area contributed by atoms with Gasteiger partial charge in [0.05, 0.1) is 0 Å². The van der Waals surface area contributed by atoms with Crippen LogP contribution in [0.1, 0.15) is 45.6 Å². The number of benzene rings is 1. The first-order valence-corrected chi connectivity index (χ1v) is 9.25. The van der Waals surface area contributed by atoms with Gasteiger partial charge in [0.1, 0.15) is 17.9 Å². The minimum absolute atomic E-state index is 0.0541. The van der Waals surface area contributed by atoms with E-state index in [0.29, 0.717) is 18.8 Å². The summed E-state index contributed by atoms with van der Waals surface area (Å²) in [5, 5.41) is 5.52. The Balaban J connectivity index is 1.63. The third kappa shape index (κ3) is 4.12. The molecule has 1 aliphatic heterocycles. The molecule has 1 spiro atoms. The summed E-state index contributed by atoms with van der Waals surface area (Å²) in [5.74, 6) is -0.781. The molecule has 2 fully saturated rings. The number of hydrogen-bond donors (Lipinski definition) is 2. The lowest BCUT2D eigenvalue weighted by Gasteiger charge is -2.43. The molecule has 1 aromatic carbocycles. The van der Waals surface area contributed by atoms with E-state index in [1.54, 1.807) is 12.1 Å². The van der Waals surface area contributed by atoms with Crippen LogP contribution in [-0.2, 0) is 16.1 Å². The van der Waals surface area contributed by atoms with Gasteiger partial charge in [0, 0.05) is 6.54 Å². The predicted octanol–water partition coefficient (Wildman–Crippen LogP) is 2.58. The van der Waals surface area contributed by atoms with E-state index in [-0.39, 0.29) is 30.2 Å². The summed E-state index contributed by atoms with van der Waals surface area (Å²) in [6.07, 6.45) is 2.16. The van der Waals surface area contributed by atoms with Crippen molar-refractivity contribution in [3.05, 3.63) is 35.6 Å². The van der Waals surface area contributed by atoms with Crippen molar-refractivity contribution in [3.8, 4) is 0 Å². The lowest BCUT2D eigenvalue weighted by Crippen LogP contribution is -2.54. The van der Waals surface area contributed by atoms with Gasteiger partial charge in [-0.3, -0.25) is 14.5 Å². The molecule has 1 saturated carbocycles. The van der Waals surface area contributed by atoms with Crippen LogP contribution >= 0.6 is 0 Å². The maximum atomic E-state index is 13.0. The highest BCUT2D eigenvalue weighted by Gasteiger charge is 2.56. The molecule has 0 aromatic heterocycles. The van der Waals surface area contributed by atoms with Crippen molar-refractivity contribution in [2.75, 3.05) is 6.54 Å². The van der Waals surface area contributed by atoms with E-state index in [0.717, 1.165) is 16.9 Å². The fourth-order valence-corrected chi connectivity index (χ4v) is 4.65. The van der Waals surface area contributed by atoms with Crippen LogP contribution in [0.25, 0.3) is 0 Å². The summed E-state index contributed by atoms with van der Waals surface area (Å²) in [6, 6.07) is 5.26. The second-order valence-corrected chi connectivity index (χ2v) is 8.66. The fourth-order valence-electron chi connectivity index (χ4n) is 4.65. The molecule has 2 N–H and O–H groups in total. The molecule has 1 aromatic rings. The highest BCUT2D eigenvalue weighted by Crippen LogP contribution is 2.46. The van der Waals surface area contributed by atoms with Gasteiger partial charge in [-0.25, -0.2) is 9.18 Å². The Morgan fingerprint density at radius 1 is 1.26 bits per heavy atom. The molecular weight excluding hydrogens is 349 g/mol. The molecule has 2 aliphatic rings. The standard InChI is InChI=1S/C20H26FN3O3/c1-13-8-19(2,3)12-20(9-13)17(26)24(18(27)23-20)11-16(25)22-10-14-4-6-15(21)7-5-14/h4-7,13H,8-12H2,1-3H3,(H,22,25)(H,23,27). The van der Waals surface area contributed by atoms with Crippen LogP contribution in [-0.4, -0.2) is 34.8 Å². The van der Waals surface area contributed by atoms with Crippen LogP contribution in [0.4, 0.5) is 9.18 Å². The molecule has 0 radical (unpaired) electrons. The SMILES string of the molecule is CC1CC(C)(C)CC2(C1)NC(=O)N(CC(=O)NCc1ccc(F)cc1)C2=O. The predicted molar refractivity (Wildman–Crippen MR) is 98.0 cm³/mol. The van der Waals surface area contributed by atoms with Crippen molar-refractivity contribution in [1.82, 2.24) is 15.5 Å². The Hall–Kier alpha value is -2.44. The largest absolute Gasteiger partial charge is 0.350 e. The molecule has 146 valence electrons.